The van der Waals surface area contributed by atoms with E-state index < -0.39 is 0 Å². The molecule has 0 aliphatic heterocycles. The van der Waals surface area contributed by atoms with E-state index >= 15 is 0 Å². The van der Waals surface area contributed by atoms with E-state index in [2.05, 4.69) is 9.99 Å². The maximum absolute atomic E-state index is 5.92. The molecular weight excluding hydrogens is 190 g/mol. The second-order valence-electron chi connectivity index (χ2n) is 2.27. The van der Waals surface area contributed by atoms with Crippen LogP contribution in [0.1, 0.15) is 5.56 Å². The van der Waals surface area contributed by atoms with Gasteiger partial charge in [-0.25, -0.2) is 0 Å². The first-order valence-electron chi connectivity index (χ1n) is 3.68. The van der Waals surface area contributed by atoms with Gasteiger partial charge in [0, 0.05) is 0 Å². The molecular formula is C9H10ClNO2. The summed E-state index contributed by atoms with van der Waals surface area (Å²) in [4.78, 5) is 4.56. The van der Waals surface area contributed by atoms with Crippen LogP contribution in [0.15, 0.2) is 23.4 Å². The third-order valence-corrected chi connectivity index (χ3v) is 1.85. The number of rotatable bonds is 3. The molecule has 1 rings (SSSR count). The van der Waals surface area contributed by atoms with Gasteiger partial charge in [-0.2, -0.15) is 0 Å². The minimum Gasteiger partial charge on any atom is -0.496 e. The number of oxime groups is 1. The van der Waals surface area contributed by atoms with Gasteiger partial charge < -0.3 is 9.57 Å². The average molecular weight is 200 g/mol. The summed E-state index contributed by atoms with van der Waals surface area (Å²) in [6.45, 7) is 0. The summed E-state index contributed by atoms with van der Waals surface area (Å²) < 4.78 is 5.09. The number of benzene rings is 1. The monoisotopic (exact) mass is 199 g/mol. The average Bonchev–Trinajstić information content (AvgIpc) is 2.15. The van der Waals surface area contributed by atoms with Crippen molar-refractivity contribution in [1.82, 2.24) is 0 Å². The van der Waals surface area contributed by atoms with Crippen LogP contribution in [0.3, 0.4) is 0 Å². The largest absolute Gasteiger partial charge is 0.496 e. The Kier molecular flexibility index (Phi) is 3.58. The van der Waals surface area contributed by atoms with Crippen molar-refractivity contribution < 1.29 is 9.57 Å². The molecule has 0 fully saturated rings. The van der Waals surface area contributed by atoms with Crippen molar-refractivity contribution in [3.05, 3.63) is 28.8 Å². The molecule has 0 aromatic heterocycles. The Morgan fingerprint density at radius 2 is 2.15 bits per heavy atom. The van der Waals surface area contributed by atoms with E-state index in [1.807, 2.05) is 12.1 Å². The molecule has 0 N–H and O–H groups in total. The van der Waals surface area contributed by atoms with Crippen LogP contribution in [-0.4, -0.2) is 20.4 Å². The van der Waals surface area contributed by atoms with Crippen LogP contribution in [0, 0.1) is 0 Å². The molecule has 0 radical (unpaired) electrons. The highest BCUT2D eigenvalue weighted by molar-refractivity contribution is 6.33. The number of hydrogen-bond acceptors (Lipinski definition) is 3. The lowest BCUT2D eigenvalue weighted by Crippen LogP contribution is -1.91. The van der Waals surface area contributed by atoms with Crippen molar-refractivity contribution in [1.29, 1.82) is 0 Å². The van der Waals surface area contributed by atoms with Crippen LogP contribution < -0.4 is 4.74 Å². The fraction of sp³-hybridized carbons (Fsp3) is 0.222. The maximum Gasteiger partial charge on any atom is 0.129 e. The van der Waals surface area contributed by atoms with E-state index in [9.17, 15) is 0 Å². The molecule has 4 heteroatoms. The van der Waals surface area contributed by atoms with Crippen molar-refractivity contribution >= 4 is 17.8 Å². The Bertz CT molecular complexity index is 312. The molecule has 1 aromatic rings. The van der Waals surface area contributed by atoms with Gasteiger partial charge in [0.15, 0.2) is 0 Å². The lowest BCUT2D eigenvalue weighted by Gasteiger charge is -2.04. The Labute approximate surface area is 81.9 Å². The summed E-state index contributed by atoms with van der Waals surface area (Å²) in [5.74, 6) is 0.674. The molecule has 70 valence electrons. The molecule has 0 unspecified atom stereocenters. The topological polar surface area (TPSA) is 30.8 Å². The number of halogens is 1. The van der Waals surface area contributed by atoms with Crippen LogP contribution in [0.25, 0.3) is 0 Å². The van der Waals surface area contributed by atoms with E-state index in [0.717, 1.165) is 0 Å². The van der Waals surface area contributed by atoms with Crippen molar-refractivity contribution in [2.75, 3.05) is 14.2 Å². The standard InChI is InChI=1S/C9H10ClNO2/c1-12-9-5-3-4-8(10)7(9)6-11-13-2/h3-6H,1-2H3/b11-6+. The van der Waals surface area contributed by atoms with E-state index in [4.69, 9.17) is 16.3 Å². The van der Waals surface area contributed by atoms with Gasteiger partial charge in [-0.3, -0.25) is 0 Å². The van der Waals surface area contributed by atoms with Crippen LogP contribution in [0.2, 0.25) is 5.02 Å². The zero-order valence-corrected chi connectivity index (χ0v) is 8.21. The van der Waals surface area contributed by atoms with Crippen molar-refractivity contribution in [2.45, 2.75) is 0 Å². The smallest absolute Gasteiger partial charge is 0.129 e. The highest BCUT2D eigenvalue weighted by Gasteiger charge is 2.03. The molecule has 0 saturated carbocycles. The minimum absolute atomic E-state index is 0.583. The van der Waals surface area contributed by atoms with Crippen LogP contribution >= 0.6 is 11.6 Å². The number of methoxy groups -OCH3 is 1. The molecule has 13 heavy (non-hydrogen) atoms. The summed E-state index contributed by atoms with van der Waals surface area (Å²) in [7, 11) is 3.05. The summed E-state index contributed by atoms with van der Waals surface area (Å²) >= 11 is 5.92. The second kappa shape index (κ2) is 4.72. The summed E-state index contributed by atoms with van der Waals surface area (Å²) in [6.07, 6.45) is 1.52. The number of ether oxygens (including phenoxy) is 1. The molecule has 1 aromatic carbocycles. The fourth-order valence-corrected chi connectivity index (χ4v) is 1.14. The molecule has 0 saturated heterocycles. The first kappa shape index (κ1) is 9.86. The molecule has 0 bridgehead atoms. The number of nitrogens with zero attached hydrogens (tertiary/aromatic N) is 1. The third kappa shape index (κ3) is 2.36. The Morgan fingerprint density at radius 3 is 2.77 bits per heavy atom. The molecule has 0 heterocycles. The zero-order chi connectivity index (χ0) is 9.68. The Balaban J connectivity index is 3.07. The minimum atomic E-state index is 0.583. The molecule has 0 aliphatic carbocycles. The van der Waals surface area contributed by atoms with Gasteiger partial charge in [0.1, 0.15) is 12.9 Å². The number of hydrogen-bond donors (Lipinski definition) is 0. The zero-order valence-electron chi connectivity index (χ0n) is 7.45. The van der Waals surface area contributed by atoms with Gasteiger partial charge in [-0.05, 0) is 12.1 Å². The van der Waals surface area contributed by atoms with Crippen LogP contribution in [0.5, 0.6) is 5.75 Å². The van der Waals surface area contributed by atoms with E-state index in [1.54, 1.807) is 13.2 Å². The van der Waals surface area contributed by atoms with Gasteiger partial charge in [0.25, 0.3) is 0 Å². The lowest BCUT2D eigenvalue weighted by atomic mass is 10.2. The summed E-state index contributed by atoms with van der Waals surface area (Å²) in [6, 6.07) is 5.38. The van der Waals surface area contributed by atoms with E-state index in [0.29, 0.717) is 16.3 Å². The predicted octanol–water partition coefficient (Wildman–Crippen LogP) is 2.33. The Hall–Kier alpha value is -1.22. The molecule has 0 spiro atoms. The Morgan fingerprint density at radius 1 is 1.38 bits per heavy atom. The van der Waals surface area contributed by atoms with Gasteiger partial charge in [-0.15, -0.1) is 0 Å². The normalized spacial score (nSPS) is 10.4. The summed E-state index contributed by atoms with van der Waals surface area (Å²) in [5.41, 5.74) is 0.716. The molecule has 0 aliphatic rings. The van der Waals surface area contributed by atoms with Crippen molar-refractivity contribution in [3.63, 3.8) is 0 Å². The van der Waals surface area contributed by atoms with Crippen molar-refractivity contribution in [2.24, 2.45) is 5.16 Å². The first-order chi connectivity index (χ1) is 6.29. The maximum atomic E-state index is 5.92. The summed E-state index contributed by atoms with van der Waals surface area (Å²) in [5, 5.41) is 4.21. The van der Waals surface area contributed by atoms with Gasteiger partial charge in [0.05, 0.1) is 23.9 Å². The van der Waals surface area contributed by atoms with Crippen molar-refractivity contribution in [3.8, 4) is 5.75 Å². The van der Waals surface area contributed by atoms with Crippen LogP contribution in [0.4, 0.5) is 0 Å². The highest BCUT2D eigenvalue weighted by Crippen LogP contribution is 2.23. The molecule has 0 amide bonds. The quantitative estimate of drug-likeness (QED) is 0.553. The predicted molar refractivity (Wildman–Crippen MR) is 52.6 cm³/mol. The fourth-order valence-electron chi connectivity index (χ4n) is 0.926. The van der Waals surface area contributed by atoms with E-state index in [-0.39, 0.29) is 0 Å². The van der Waals surface area contributed by atoms with Crippen LogP contribution in [-0.2, 0) is 4.84 Å². The lowest BCUT2D eigenvalue weighted by molar-refractivity contribution is 0.215. The third-order valence-electron chi connectivity index (χ3n) is 1.52. The highest BCUT2D eigenvalue weighted by atomic mass is 35.5. The van der Waals surface area contributed by atoms with Gasteiger partial charge >= 0.3 is 0 Å². The van der Waals surface area contributed by atoms with Gasteiger partial charge in [0.2, 0.25) is 0 Å². The SMILES string of the molecule is CO/N=C/c1c(Cl)cccc1OC. The molecule has 3 nitrogen and oxygen atoms in total. The second-order valence-corrected chi connectivity index (χ2v) is 2.68. The van der Waals surface area contributed by atoms with E-state index in [1.165, 1.54) is 13.3 Å². The molecule has 0 atom stereocenters. The van der Waals surface area contributed by atoms with Gasteiger partial charge in [-0.1, -0.05) is 22.8 Å². The first-order valence-corrected chi connectivity index (χ1v) is 4.06.